The van der Waals surface area contributed by atoms with Crippen LogP contribution in [0.4, 0.5) is 17.1 Å². The summed E-state index contributed by atoms with van der Waals surface area (Å²) in [5.41, 5.74) is 5.98. The molecule has 0 aliphatic carbocycles. The van der Waals surface area contributed by atoms with E-state index in [0.29, 0.717) is 0 Å². The van der Waals surface area contributed by atoms with E-state index in [4.69, 9.17) is 0 Å². The Morgan fingerprint density at radius 1 is 0.395 bits per heavy atom. The van der Waals surface area contributed by atoms with Crippen molar-refractivity contribution in [1.29, 1.82) is 0 Å². The molecule has 0 fully saturated rings. The molecule has 2 aromatic heterocycles. The minimum absolute atomic E-state index is 1.14. The van der Waals surface area contributed by atoms with Crippen LogP contribution >= 0.6 is 22.7 Å². The standard InChI is InChI=1S/C40H25NS2/c1-2-12-28(13-3-1)41(34-17-8-11-26-10-4-5-14-30(26)34)29-22-20-27(21-23-29)31-16-9-19-36-38(31)39-37(42-36)25-24-33-32-15-6-7-18-35(32)43-40(33)39/h1-25H. The molecule has 0 radical (unpaired) electrons. The molecule has 0 amide bonds. The zero-order valence-electron chi connectivity index (χ0n) is 23.2. The van der Waals surface area contributed by atoms with Crippen molar-refractivity contribution in [2.24, 2.45) is 0 Å². The van der Waals surface area contributed by atoms with E-state index in [2.05, 4.69) is 157 Å². The van der Waals surface area contributed by atoms with Gasteiger partial charge in [-0.3, -0.25) is 0 Å². The number of benzene rings is 7. The number of hydrogen-bond acceptors (Lipinski definition) is 3. The summed E-state index contributed by atoms with van der Waals surface area (Å²) in [6, 6.07) is 55.2. The zero-order chi connectivity index (χ0) is 28.3. The number of fused-ring (bicyclic) bond motifs is 8. The Kier molecular flexibility index (Phi) is 5.62. The fraction of sp³-hybridized carbons (Fsp3) is 0. The molecule has 2 heterocycles. The van der Waals surface area contributed by atoms with E-state index in [1.165, 1.54) is 67.9 Å². The van der Waals surface area contributed by atoms with Gasteiger partial charge in [-0.1, -0.05) is 103 Å². The van der Waals surface area contributed by atoms with E-state index >= 15 is 0 Å². The molecule has 202 valence electrons. The van der Waals surface area contributed by atoms with Gasteiger partial charge in [-0.15, -0.1) is 22.7 Å². The predicted molar refractivity (Wildman–Crippen MR) is 190 cm³/mol. The molecule has 0 aliphatic rings. The van der Waals surface area contributed by atoms with E-state index in [9.17, 15) is 0 Å². The third kappa shape index (κ3) is 3.90. The maximum absolute atomic E-state index is 2.37. The Bertz CT molecular complexity index is 2440. The largest absolute Gasteiger partial charge is 0.310 e. The summed E-state index contributed by atoms with van der Waals surface area (Å²) in [5, 5.41) is 7.92. The fourth-order valence-electron chi connectivity index (χ4n) is 6.52. The first-order valence-electron chi connectivity index (χ1n) is 14.5. The van der Waals surface area contributed by atoms with Crippen molar-refractivity contribution in [2.45, 2.75) is 0 Å². The molecular weight excluding hydrogens is 559 g/mol. The summed E-state index contributed by atoms with van der Waals surface area (Å²) >= 11 is 3.81. The van der Waals surface area contributed by atoms with Crippen molar-refractivity contribution >= 4 is 90.9 Å². The first-order valence-corrected chi connectivity index (χ1v) is 16.2. The Morgan fingerprint density at radius 2 is 1.07 bits per heavy atom. The molecule has 0 saturated heterocycles. The zero-order valence-corrected chi connectivity index (χ0v) is 24.8. The van der Waals surface area contributed by atoms with Crippen LogP contribution in [0.15, 0.2) is 152 Å². The topological polar surface area (TPSA) is 3.24 Å². The van der Waals surface area contributed by atoms with Gasteiger partial charge < -0.3 is 4.90 Å². The molecule has 1 nitrogen and oxygen atoms in total. The van der Waals surface area contributed by atoms with Gasteiger partial charge in [0.25, 0.3) is 0 Å². The molecular formula is C40H25NS2. The van der Waals surface area contributed by atoms with Gasteiger partial charge in [-0.05, 0) is 65.0 Å². The third-order valence-corrected chi connectivity index (χ3v) is 10.8. The van der Waals surface area contributed by atoms with Crippen LogP contribution in [0, 0.1) is 0 Å². The van der Waals surface area contributed by atoms with Crippen LogP contribution in [0.2, 0.25) is 0 Å². The number of hydrogen-bond donors (Lipinski definition) is 0. The van der Waals surface area contributed by atoms with Gasteiger partial charge in [0.15, 0.2) is 0 Å². The highest BCUT2D eigenvalue weighted by Gasteiger charge is 2.18. The molecule has 0 atom stereocenters. The Hall–Kier alpha value is -4.96. The van der Waals surface area contributed by atoms with Crippen molar-refractivity contribution in [3.8, 4) is 11.1 Å². The summed E-state index contributed by atoms with van der Waals surface area (Å²) in [7, 11) is 0. The van der Waals surface area contributed by atoms with Crippen LogP contribution in [0.25, 0.3) is 62.2 Å². The lowest BCUT2D eigenvalue weighted by Crippen LogP contribution is -2.10. The van der Waals surface area contributed by atoms with Gasteiger partial charge in [0, 0.05) is 57.1 Å². The van der Waals surface area contributed by atoms with Crippen molar-refractivity contribution in [3.05, 3.63) is 152 Å². The highest BCUT2D eigenvalue weighted by Crippen LogP contribution is 2.47. The van der Waals surface area contributed by atoms with E-state index in [1.54, 1.807) is 0 Å². The highest BCUT2D eigenvalue weighted by molar-refractivity contribution is 7.29. The number of nitrogens with zero attached hydrogens (tertiary/aromatic N) is 1. The molecule has 0 saturated carbocycles. The summed E-state index contributed by atoms with van der Waals surface area (Å²) in [5.74, 6) is 0. The molecule has 0 bridgehead atoms. The van der Waals surface area contributed by atoms with Crippen molar-refractivity contribution in [2.75, 3.05) is 4.90 Å². The van der Waals surface area contributed by atoms with Crippen molar-refractivity contribution < 1.29 is 0 Å². The fourth-order valence-corrected chi connectivity index (χ4v) is 8.98. The maximum atomic E-state index is 2.37. The minimum atomic E-state index is 1.14. The molecule has 9 rings (SSSR count). The lowest BCUT2D eigenvalue weighted by Gasteiger charge is -2.27. The number of thiophene rings is 2. The van der Waals surface area contributed by atoms with Crippen molar-refractivity contribution in [3.63, 3.8) is 0 Å². The molecule has 0 aliphatic heterocycles. The van der Waals surface area contributed by atoms with Gasteiger partial charge in [0.05, 0.1) is 5.69 Å². The average molecular weight is 584 g/mol. The first-order chi connectivity index (χ1) is 21.3. The van der Waals surface area contributed by atoms with Gasteiger partial charge >= 0.3 is 0 Å². The second-order valence-corrected chi connectivity index (χ2v) is 13.0. The van der Waals surface area contributed by atoms with Crippen LogP contribution in [0.1, 0.15) is 0 Å². The van der Waals surface area contributed by atoms with Gasteiger partial charge in [0.2, 0.25) is 0 Å². The lowest BCUT2D eigenvalue weighted by molar-refractivity contribution is 1.30. The normalized spacial score (nSPS) is 11.7. The van der Waals surface area contributed by atoms with E-state index in [0.717, 1.165) is 11.4 Å². The maximum Gasteiger partial charge on any atom is 0.0540 e. The van der Waals surface area contributed by atoms with Crippen LogP contribution in [0.5, 0.6) is 0 Å². The molecule has 3 heteroatoms. The van der Waals surface area contributed by atoms with Crippen LogP contribution in [0.3, 0.4) is 0 Å². The summed E-state index contributed by atoms with van der Waals surface area (Å²) in [4.78, 5) is 2.37. The second-order valence-electron chi connectivity index (χ2n) is 10.9. The number of para-hydroxylation sites is 1. The predicted octanol–water partition coefficient (Wildman–Crippen LogP) is 12.7. The molecule has 0 unspecified atom stereocenters. The van der Waals surface area contributed by atoms with Crippen LogP contribution in [-0.2, 0) is 0 Å². The first kappa shape index (κ1) is 24.6. The SMILES string of the molecule is c1ccc(N(c2ccc(-c3cccc4sc5ccc6c7ccccc7sc6c5c34)cc2)c2cccc3ccccc23)cc1. The third-order valence-electron chi connectivity index (χ3n) is 8.46. The summed E-state index contributed by atoms with van der Waals surface area (Å²) in [6.07, 6.45) is 0. The summed E-state index contributed by atoms with van der Waals surface area (Å²) < 4.78 is 5.42. The molecule has 7 aromatic carbocycles. The Labute approximate surface area is 257 Å². The minimum Gasteiger partial charge on any atom is -0.310 e. The van der Waals surface area contributed by atoms with Crippen LogP contribution in [-0.4, -0.2) is 0 Å². The molecule has 9 aromatic rings. The Balaban J connectivity index is 1.23. The van der Waals surface area contributed by atoms with Gasteiger partial charge in [0.1, 0.15) is 0 Å². The average Bonchev–Trinajstić information content (AvgIpc) is 3.64. The second kappa shape index (κ2) is 9.81. The van der Waals surface area contributed by atoms with E-state index in [1.807, 2.05) is 22.7 Å². The lowest BCUT2D eigenvalue weighted by atomic mass is 9.98. The smallest absolute Gasteiger partial charge is 0.0540 e. The van der Waals surface area contributed by atoms with Gasteiger partial charge in [-0.25, -0.2) is 0 Å². The number of anilines is 3. The Morgan fingerprint density at radius 3 is 1.95 bits per heavy atom. The quantitative estimate of drug-likeness (QED) is 0.199. The van der Waals surface area contributed by atoms with Gasteiger partial charge in [-0.2, -0.15) is 0 Å². The van der Waals surface area contributed by atoms with Crippen LogP contribution < -0.4 is 4.90 Å². The van der Waals surface area contributed by atoms with Crippen molar-refractivity contribution in [1.82, 2.24) is 0 Å². The molecule has 0 N–H and O–H groups in total. The van der Waals surface area contributed by atoms with E-state index in [-0.39, 0.29) is 0 Å². The molecule has 0 spiro atoms. The van der Waals surface area contributed by atoms with E-state index < -0.39 is 0 Å². The summed E-state index contributed by atoms with van der Waals surface area (Å²) in [6.45, 7) is 0. The highest BCUT2D eigenvalue weighted by atomic mass is 32.1. The monoisotopic (exact) mass is 583 g/mol. The number of rotatable bonds is 4. The molecule has 43 heavy (non-hydrogen) atoms.